The number of ether oxygens (including phenoxy) is 2. The first-order valence-corrected chi connectivity index (χ1v) is 12.2. The van der Waals surface area contributed by atoms with E-state index in [0.29, 0.717) is 6.61 Å². The molecule has 0 bridgehead atoms. The zero-order valence-electron chi connectivity index (χ0n) is 19.6. The van der Waals surface area contributed by atoms with E-state index < -0.39 is 5.60 Å². The molecular formula is C25H46O4. The first-order valence-electron chi connectivity index (χ1n) is 12.2. The number of esters is 2. The van der Waals surface area contributed by atoms with Crippen LogP contribution in [-0.2, 0) is 19.1 Å². The first-order chi connectivity index (χ1) is 13.8. The minimum Gasteiger partial charge on any atom is -0.465 e. The maximum atomic E-state index is 12.2. The Hall–Kier alpha value is -1.06. The monoisotopic (exact) mass is 410 g/mol. The molecular weight excluding hydrogens is 364 g/mol. The fourth-order valence-corrected chi connectivity index (χ4v) is 4.01. The maximum Gasteiger partial charge on any atom is 0.309 e. The minimum atomic E-state index is -0.443. The SMILES string of the molecule is CCCCCCCCCCCCCOC(=O)C1CCC(C(=O)OC(C)(C)C)CC1. The van der Waals surface area contributed by atoms with E-state index in [1.54, 1.807) is 0 Å². The summed E-state index contributed by atoms with van der Waals surface area (Å²) in [5.41, 5.74) is -0.443. The third-order valence-electron chi connectivity index (χ3n) is 5.79. The van der Waals surface area contributed by atoms with Crippen molar-refractivity contribution >= 4 is 11.9 Å². The van der Waals surface area contributed by atoms with Crippen LogP contribution in [0.25, 0.3) is 0 Å². The van der Waals surface area contributed by atoms with Gasteiger partial charge < -0.3 is 9.47 Å². The number of hydrogen-bond donors (Lipinski definition) is 0. The summed E-state index contributed by atoms with van der Waals surface area (Å²) in [4.78, 5) is 24.4. The predicted molar refractivity (Wildman–Crippen MR) is 119 cm³/mol. The highest BCUT2D eigenvalue weighted by molar-refractivity contribution is 5.75. The average molecular weight is 411 g/mol. The topological polar surface area (TPSA) is 52.6 Å². The maximum absolute atomic E-state index is 12.2. The molecule has 1 saturated carbocycles. The van der Waals surface area contributed by atoms with Gasteiger partial charge in [0, 0.05) is 0 Å². The van der Waals surface area contributed by atoms with Crippen LogP contribution >= 0.6 is 0 Å². The van der Waals surface area contributed by atoms with Crippen molar-refractivity contribution in [3.05, 3.63) is 0 Å². The summed E-state index contributed by atoms with van der Waals surface area (Å²) in [6.07, 6.45) is 17.2. The average Bonchev–Trinajstić information content (AvgIpc) is 2.67. The lowest BCUT2D eigenvalue weighted by molar-refractivity contribution is -0.163. The second-order valence-corrected chi connectivity index (χ2v) is 9.79. The Balaban J connectivity index is 1.99. The lowest BCUT2D eigenvalue weighted by atomic mass is 9.82. The summed E-state index contributed by atoms with van der Waals surface area (Å²) in [6, 6.07) is 0. The van der Waals surface area contributed by atoms with E-state index in [1.165, 1.54) is 57.8 Å². The van der Waals surface area contributed by atoms with Crippen molar-refractivity contribution in [2.45, 2.75) is 130 Å². The number of hydrogen-bond acceptors (Lipinski definition) is 4. The number of carbonyl (C=O) groups is 2. The van der Waals surface area contributed by atoms with Crippen molar-refractivity contribution in [3.8, 4) is 0 Å². The van der Waals surface area contributed by atoms with Crippen molar-refractivity contribution in [2.75, 3.05) is 6.61 Å². The number of unbranched alkanes of at least 4 members (excludes halogenated alkanes) is 10. The highest BCUT2D eigenvalue weighted by Crippen LogP contribution is 2.31. The molecule has 1 rings (SSSR count). The Morgan fingerprint density at radius 3 is 1.55 bits per heavy atom. The number of rotatable bonds is 14. The lowest BCUT2D eigenvalue weighted by Gasteiger charge is -2.28. The quantitative estimate of drug-likeness (QED) is 0.229. The molecule has 1 aliphatic rings. The predicted octanol–water partition coefficient (Wildman–Crippen LogP) is 6.99. The van der Waals surface area contributed by atoms with Gasteiger partial charge in [0.15, 0.2) is 0 Å². The summed E-state index contributed by atoms with van der Waals surface area (Å²) in [5.74, 6) is -0.295. The molecule has 0 aromatic rings. The molecule has 0 radical (unpaired) electrons. The number of carbonyl (C=O) groups excluding carboxylic acids is 2. The van der Waals surface area contributed by atoms with Gasteiger partial charge in [0.25, 0.3) is 0 Å². The van der Waals surface area contributed by atoms with Gasteiger partial charge in [-0.15, -0.1) is 0 Å². The van der Waals surface area contributed by atoms with Crippen LogP contribution in [0.3, 0.4) is 0 Å². The van der Waals surface area contributed by atoms with Gasteiger partial charge >= 0.3 is 11.9 Å². The lowest BCUT2D eigenvalue weighted by Crippen LogP contribution is -2.32. The van der Waals surface area contributed by atoms with Crippen LogP contribution in [-0.4, -0.2) is 24.1 Å². The van der Waals surface area contributed by atoms with Gasteiger partial charge in [0.1, 0.15) is 5.60 Å². The summed E-state index contributed by atoms with van der Waals surface area (Å²) in [6.45, 7) is 8.48. The van der Waals surface area contributed by atoms with Crippen LogP contribution in [0.2, 0.25) is 0 Å². The van der Waals surface area contributed by atoms with Gasteiger partial charge in [0.2, 0.25) is 0 Å². The molecule has 0 aromatic carbocycles. The molecule has 170 valence electrons. The van der Waals surface area contributed by atoms with E-state index in [1.807, 2.05) is 20.8 Å². The summed E-state index contributed by atoms with van der Waals surface area (Å²) in [7, 11) is 0. The van der Waals surface area contributed by atoms with Gasteiger partial charge in [-0.05, 0) is 52.9 Å². The fourth-order valence-electron chi connectivity index (χ4n) is 4.01. The van der Waals surface area contributed by atoms with Gasteiger partial charge in [-0.2, -0.15) is 0 Å². The van der Waals surface area contributed by atoms with E-state index >= 15 is 0 Å². The molecule has 0 unspecified atom stereocenters. The van der Waals surface area contributed by atoms with Crippen molar-refractivity contribution < 1.29 is 19.1 Å². The molecule has 0 atom stereocenters. The van der Waals surface area contributed by atoms with E-state index in [9.17, 15) is 9.59 Å². The van der Waals surface area contributed by atoms with E-state index in [2.05, 4.69) is 6.92 Å². The molecule has 0 heterocycles. The van der Waals surface area contributed by atoms with Crippen molar-refractivity contribution in [1.29, 1.82) is 0 Å². The zero-order chi connectivity index (χ0) is 21.5. The zero-order valence-corrected chi connectivity index (χ0v) is 19.6. The Morgan fingerprint density at radius 1 is 0.690 bits per heavy atom. The largest absolute Gasteiger partial charge is 0.465 e. The second-order valence-electron chi connectivity index (χ2n) is 9.79. The molecule has 0 aliphatic heterocycles. The van der Waals surface area contributed by atoms with Crippen molar-refractivity contribution in [3.63, 3.8) is 0 Å². The molecule has 4 heteroatoms. The molecule has 0 N–H and O–H groups in total. The summed E-state index contributed by atoms with van der Waals surface area (Å²) >= 11 is 0. The summed E-state index contributed by atoms with van der Waals surface area (Å²) in [5, 5.41) is 0. The van der Waals surface area contributed by atoms with Crippen LogP contribution in [0.15, 0.2) is 0 Å². The smallest absolute Gasteiger partial charge is 0.309 e. The third-order valence-corrected chi connectivity index (χ3v) is 5.79. The first kappa shape index (κ1) is 26.0. The van der Waals surface area contributed by atoms with Crippen LogP contribution < -0.4 is 0 Å². The Kier molecular flexibility index (Phi) is 13.3. The van der Waals surface area contributed by atoms with Gasteiger partial charge in [0.05, 0.1) is 18.4 Å². The molecule has 0 amide bonds. The van der Waals surface area contributed by atoms with Crippen LogP contribution in [0.1, 0.15) is 124 Å². The van der Waals surface area contributed by atoms with Gasteiger partial charge in [-0.3, -0.25) is 9.59 Å². The Bertz CT molecular complexity index is 444. The van der Waals surface area contributed by atoms with Crippen LogP contribution in [0, 0.1) is 11.8 Å². The van der Waals surface area contributed by atoms with Gasteiger partial charge in [-0.1, -0.05) is 71.1 Å². The molecule has 1 aliphatic carbocycles. The van der Waals surface area contributed by atoms with Crippen molar-refractivity contribution in [2.24, 2.45) is 11.8 Å². The highest BCUT2D eigenvalue weighted by Gasteiger charge is 2.33. The minimum absolute atomic E-state index is 0.0404. The second kappa shape index (κ2) is 14.8. The molecule has 1 fully saturated rings. The van der Waals surface area contributed by atoms with E-state index in [4.69, 9.17) is 9.47 Å². The van der Waals surface area contributed by atoms with E-state index in [0.717, 1.165) is 38.5 Å². The molecule has 4 nitrogen and oxygen atoms in total. The third kappa shape index (κ3) is 13.0. The highest BCUT2D eigenvalue weighted by atomic mass is 16.6. The fraction of sp³-hybridized carbons (Fsp3) is 0.920. The summed E-state index contributed by atoms with van der Waals surface area (Å²) < 4.78 is 11.0. The van der Waals surface area contributed by atoms with Crippen LogP contribution in [0.5, 0.6) is 0 Å². The molecule has 29 heavy (non-hydrogen) atoms. The molecule has 0 saturated heterocycles. The Labute approximate surface area is 179 Å². The van der Waals surface area contributed by atoms with E-state index in [-0.39, 0.29) is 23.8 Å². The standard InChI is InChI=1S/C25H46O4/c1-5-6-7-8-9-10-11-12-13-14-15-20-28-23(26)21-16-18-22(19-17-21)24(27)29-25(2,3)4/h21-22H,5-20H2,1-4H3. The molecule has 0 spiro atoms. The van der Waals surface area contributed by atoms with Gasteiger partial charge in [-0.25, -0.2) is 0 Å². The normalized spacial score (nSPS) is 19.7. The Morgan fingerprint density at radius 2 is 1.10 bits per heavy atom. The van der Waals surface area contributed by atoms with Crippen LogP contribution in [0.4, 0.5) is 0 Å². The van der Waals surface area contributed by atoms with Crippen molar-refractivity contribution in [1.82, 2.24) is 0 Å². The molecule has 0 aromatic heterocycles.